The molecule has 0 aromatic heterocycles. The number of nitrogens with zero attached hydrogens (tertiary/aromatic N) is 1. The van der Waals surface area contributed by atoms with E-state index in [9.17, 15) is 9.59 Å². The summed E-state index contributed by atoms with van der Waals surface area (Å²) in [5.74, 6) is 0.786. The van der Waals surface area contributed by atoms with Gasteiger partial charge in [-0.3, -0.25) is 9.69 Å². The van der Waals surface area contributed by atoms with Gasteiger partial charge in [0, 0.05) is 31.8 Å². The van der Waals surface area contributed by atoms with E-state index in [1.807, 2.05) is 0 Å². The first kappa shape index (κ1) is 28.0. The van der Waals surface area contributed by atoms with Crippen molar-refractivity contribution in [3.63, 3.8) is 0 Å². The number of carbonyl (C=O) groups is 2. The molecule has 0 bridgehead atoms. The average molecular weight is 560 g/mol. The second-order valence-electron chi connectivity index (χ2n) is 8.49. The molecule has 0 radical (unpaired) electrons. The zero-order valence-corrected chi connectivity index (χ0v) is 22.2. The van der Waals surface area contributed by atoms with Gasteiger partial charge in [0.2, 0.25) is 0 Å². The Morgan fingerprint density at radius 1 is 1.11 bits per heavy atom. The molecule has 2 amide bonds. The molecule has 2 unspecified atom stereocenters. The highest BCUT2D eigenvalue weighted by Gasteiger charge is 2.32. The SMILES string of the molecule is COc1cc(N)c(Cl)cc1C(=O)NCC1CCN(C(Oc2ccc(Cl)c(Cl)c2)C(C)OC(N)=O)CC1. The summed E-state index contributed by atoms with van der Waals surface area (Å²) in [6.45, 7) is 3.49. The molecule has 1 heterocycles. The van der Waals surface area contributed by atoms with Crippen molar-refractivity contribution in [3.05, 3.63) is 51.0 Å². The molecule has 36 heavy (non-hydrogen) atoms. The largest absolute Gasteiger partial charge is 0.496 e. The lowest BCUT2D eigenvalue weighted by molar-refractivity contribution is -0.0728. The summed E-state index contributed by atoms with van der Waals surface area (Å²) in [5.41, 5.74) is 11.7. The fourth-order valence-electron chi connectivity index (χ4n) is 4.06. The number of hydrogen-bond donors (Lipinski definition) is 3. The molecule has 1 fully saturated rings. The Morgan fingerprint density at radius 2 is 1.81 bits per heavy atom. The molecule has 2 atom stereocenters. The average Bonchev–Trinajstić information content (AvgIpc) is 2.84. The Bertz CT molecular complexity index is 1100. The third-order valence-corrected chi connectivity index (χ3v) is 7.04. The molecule has 9 nitrogen and oxygen atoms in total. The predicted octanol–water partition coefficient (Wildman–Crippen LogP) is 4.57. The molecular weight excluding hydrogens is 531 g/mol. The lowest BCUT2D eigenvalue weighted by atomic mass is 9.96. The van der Waals surface area contributed by atoms with Gasteiger partial charge in [0.15, 0.2) is 12.3 Å². The number of rotatable bonds is 9. The molecule has 2 aromatic rings. The number of carbonyl (C=O) groups excluding carboxylic acids is 2. The Kier molecular flexibility index (Phi) is 9.78. The van der Waals surface area contributed by atoms with E-state index in [1.165, 1.54) is 19.2 Å². The number of anilines is 1. The van der Waals surface area contributed by atoms with Crippen molar-refractivity contribution in [2.75, 3.05) is 32.5 Å². The van der Waals surface area contributed by atoms with Crippen molar-refractivity contribution >= 4 is 52.5 Å². The Labute approximate surface area is 224 Å². The number of ether oxygens (including phenoxy) is 3. The van der Waals surface area contributed by atoms with Crippen LogP contribution in [0.25, 0.3) is 0 Å². The zero-order valence-electron chi connectivity index (χ0n) is 19.9. The molecule has 3 rings (SSSR count). The van der Waals surface area contributed by atoms with Crippen LogP contribution in [0.3, 0.4) is 0 Å². The molecule has 5 N–H and O–H groups in total. The highest BCUT2D eigenvalue weighted by Crippen LogP contribution is 2.30. The number of nitrogen functional groups attached to an aromatic ring is 1. The first-order chi connectivity index (χ1) is 17.1. The van der Waals surface area contributed by atoms with E-state index < -0.39 is 18.4 Å². The van der Waals surface area contributed by atoms with Gasteiger partial charge in [0.1, 0.15) is 11.5 Å². The summed E-state index contributed by atoms with van der Waals surface area (Å²) in [6.07, 6.45) is -0.557. The van der Waals surface area contributed by atoms with Crippen molar-refractivity contribution in [1.29, 1.82) is 0 Å². The standard InChI is InChI=1S/C24H29Cl3N4O5/c1-13(35-24(29)33)23(36-15-3-4-17(25)18(26)9-15)31-7-5-14(6-8-31)12-30-22(32)16-10-19(27)20(28)11-21(16)34-2/h3-4,9-11,13-14,23H,5-8,12,28H2,1-2H3,(H2,29,33)(H,30,32). The van der Waals surface area contributed by atoms with E-state index >= 15 is 0 Å². The van der Waals surface area contributed by atoms with Crippen molar-refractivity contribution in [1.82, 2.24) is 10.2 Å². The number of halogens is 3. The summed E-state index contributed by atoms with van der Waals surface area (Å²) in [5, 5.41) is 4.00. The third-order valence-electron chi connectivity index (χ3n) is 5.98. The van der Waals surface area contributed by atoms with Gasteiger partial charge >= 0.3 is 6.09 Å². The van der Waals surface area contributed by atoms with Crippen LogP contribution in [0.4, 0.5) is 10.5 Å². The van der Waals surface area contributed by atoms with Gasteiger partial charge in [-0.1, -0.05) is 34.8 Å². The van der Waals surface area contributed by atoms with Gasteiger partial charge in [-0.2, -0.15) is 0 Å². The summed E-state index contributed by atoms with van der Waals surface area (Å²) in [7, 11) is 1.47. The van der Waals surface area contributed by atoms with E-state index in [0.29, 0.717) is 52.4 Å². The Balaban J connectivity index is 1.61. The van der Waals surface area contributed by atoms with E-state index in [2.05, 4.69) is 10.2 Å². The minimum atomic E-state index is -0.888. The van der Waals surface area contributed by atoms with Crippen LogP contribution in [0.1, 0.15) is 30.1 Å². The number of hydrogen-bond acceptors (Lipinski definition) is 7. The van der Waals surface area contributed by atoms with Crippen molar-refractivity contribution in [2.45, 2.75) is 32.1 Å². The van der Waals surface area contributed by atoms with Crippen molar-refractivity contribution in [3.8, 4) is 11.5 Å². The number of methoxy groups -OCH3 is 1. The minimum Gasteiger partial charge on any atom is -0.496 e. The number of benzene rings is 2. The number of nitrogens with one attached hydrogen (secondary N) is 1. The third kappa shape index (κ3) is 7.22. The first-order valence-corrected chi connectivity index (χ1v) is 12.5. The van der Waals surface area contributed by atoms with Gasteiger partial charge in [-0.15, -0.1) is 0 Å². The zero-order chi connectivity index (χ0) is 26.4. The summed E-state index contributed by atoms with van der Waals surface area (Å²) in [6, 6.07) is 7.96. The molecule has 0 spiro atoms. The van der Waals surface area contributed by atoms with Crippen molar-refractivity contribution in [2.24, 2.45) is 11.7 Å². The molecule has 2 aromatic carbocycles. The maximum atomic E-state index is 12.7. The van der Waals surface area contributed by atoms with Gasteiger partial charge in [-0.05, 0) is 43.9 Å². The highest BCUT2D eigenvalue weighted by molar-refractivity contribution is 6.42. The number of likely N-dealkylation sites (tertiary alicyclic amines) is 1. The van der Waals surface area contributed by atoms with Gasteiger partial charge in [0.05, 0.1) is 33.4 Å². The number of primary amides is 1. The van der Waals surface area contributed by atoms with Crippen LogP contribution in [0.5, 0.6) is 11.5 Å². The topological polar surface area (TPSA) is 129 Å². The maximum absolute atomic E-state index is 12.7. The molecule has 196 valence electrons. The molecule has 0 aliphatic carbocycles. The normalized spacial score (nSPS) is 16.1. The second kappa shape index (κ2) is 12.6. The fourth-order valence-corrected chi connectivity index (χ4v) is 4.51. The fraction of sp³-hybridized carbons (Fsp3) is 0.417. The van der Waals surface area contributed by atoms with Crippen LogP contribution in [0, 0.1) is 5.92 Å². The molecule has 1 aliphatic heterocycles. The smallest absolute Gasteiger partial charge is 0.404 e. The molecule has 12 heteroatoms. The van der Waals surface area contributed by atoms with Crippen LogP contribution in [0.15, 0.2) is 30.3 Å². The highest BCUT2D eigenvalue weighted by atomic mass is 35.5. The minimum absolute atomic E-state index is 0.235. The lowest BCUT2D eigenvalue weighted by Gasteiger charge is -2.39. The van der Waals surface area contributed by atoms with E-state index in [-0.39, 0.29) is 16.8 Å². The second-order valence-corrected chi connectivity index (χ2v) is 9.71. The summed E-state index contributed by atoms with van der Waals surface area (Å²) < 4.78 is 16.6. The molecule has 1 aliphatic rings. The van der Waals surface area contributed by atoms with E-state index in [1.54, 1.807) is 25.1 Å². The Morgan fingerprint density at radius 3 is 2.42 bits per heavy atom. The number of amides is 2. The van der Waals surface area contributed by atoms with Crippen LogP contribution < -0.4 is 26.3 Å². The molecule has 1 saturated heterocycles. The van der Waals surface area contributed by atoms with Gasteiger partial charge < -0.3 is 31.0 Å². The Hall–Kier alpha value is -2.59. The van der Waals surface area contributed by atoms with Crippen LogP contribution in [-0.4, -0.2) is 56.0 Å². The van der Waals surface area contributed by atoms with E-state index in [4.69, 9.17) is 60.5 Å². The van der Waals surface area contributed by atoms with Gasteiger partial charge in [-0.25, -0.2) is 4.79 Å². The quantitative estimate of drug-likeness (QED) is 0.384. The van der Waals surface area contributed by atoms with Crippen molar-refractivity contribution < 1.29 is 23.8 Å². The summed E-state index contributed by atoms with van der Waals surface area (Å²) in [4.78, 5) is 26.2. The monoisotopic (exact) mass is 558 g/mol. The summed E-state index contributed by atoms with van der Waals surface area (Å²) >= 11 is 18.2. The molecule has 0 saturated carbocycles. The lowest BCUT2D eigenvalue weighted by Crippen LogP contribution is -2.52. The van der Waals surface area contributed by atoms with Crippen LogP contribution >= 0.6 is 34.8 Å². The maximum Gasteiger partial charge on any atom is 0.404 e. The predicted molar refractivity (Wildman–Crippen MR) is 140 cm³/mol. The number of nitrogens with two attached hydrogens (primary N) is 2. The number of piperidine rings is 1. The van der Waals surface area contributed by atoms with Crippen LogP contribution in [0.2, 0.25) is 15.1 Å². The first-order valence-electron chi connectivity index (χ1n) is 11.3. The van der Waals surface area contributed by atoms with Gasteiger partial charge in [0.25, 0.3) is 5.91 Å². The molecular formula is C24H29Cl3N4O5. The van der Waals surface area contributed by atoms with Crippen LogP contribution in [-0.2, 0) is 4.74 Å². The van der Waals surface area contributed by atoms with E-state index in [0.717, 1.165) is 12.8 Å².